The van der Waals surface area contributed by atoms with Gasteiger partial charge in [-0.25, -0.2) is 0 Å². The van der Waals surface area contributed by atoms with Crippen molar-refractivity contribution in [2.75, 3.05) is 13.1 Å². The Morgan fingerprint density at radius 1 is 0.600 bits per heavy atom. The van der Waals surface area contributed by atoms with E-state index in [1.54, 1.807) is 0 Å². The van der Waals surface area contributed by atoms with E-state index in [4.69, 9.17) is 0 Å². The van der Waals surface area contributed by atoms with E-state index in [1.807, 2.05) is 0 Å². The lowest BCUT2D eigenvalue weighted by Gasteiger charge is -2.02. The van der Waals surface area contributed by atoms with Gasteiger partial charge in [0.25, 0.3) is 0 Å². The Bertz CT molecular complexity index is 186. The molecule has 20 heavy (non-hydrogen) atoms. The van der Waals surface area contributed by atoms with Crippen LogP contribution in [0.1, 0.15) is 97.3 Å². The maximum absolute atomic E-state index is 3.39. The monoisotopic (exact) mass is 281 g/mol. The molecule has 1 heteroatoms. The lowest BCUT2D eigenvalue weighted by atomic mass is 10.1. The van der Waals surface area contributed by atoms with Gasteiger partial charge in [0.05, 0.1) is 0 Å². The summed E-state index contributed by atoms with van der Waals surface area (Å²) in [5, 5.41) is 3.39. The van der Waals surface area contributed by atoms with Gasteiger partial charge in [0, 0.05) is 0 Å². The van der Waals surface area contributed by atoms with Gasteiger partial charge in [-0.15, -0.1) is 0 Å². The Hall–Kier alpha value is -0.300. The molecule has 0 unspecified atom stereocenters. The van der Waals surface area contributed by atoms with E-state index in [9.17, 15) is 0 Å². The van der Waals surface area contributed by atoms with Crippen LogP contribution in [-0.2, 0) is 0 Å². The predicted octanol–water partition coefficient (Wildman–Crippen LogP) is 6.24. The zero-order chi connectivity index (χ0) is 14.7. The summed E-state index contributed by atoms with van der Waals surface area (Å²) in [6, 6.07) is 0. The maximum Gasteiger partial charge on any atom is -0.00490 e. The van der Waals surface area contributed by atoms with Crippen molar-refractivity contribution in [2.45, 2.75) is 97.3 Å². The van der Waals surface area contributed by atoms with Crippen molar-refractivity contribution in [3.8, 4) is 0 Å². The molecule has 0 amide bonds. The summed E-state index contributed by atoms with van der Waals surface area (Å²) < 4.78 is 0. The summed E-state index contributed by atoms with van der Waals surface area (Å²) in [6.45, 7) is 6.78. The highest BCUT2D eigenvalue weighted by Crippen LogP contribution is 2.09. The second-order valence-corrected chi connectivity index (χ2v) is 5.94. The summed E-state index contributed by atoms with van der Waals surface area (Å²) in [5.41, 5.74) is 0. The number of rotatable bonds is 16. The van der Waals surface area contributed by atoms with Crippen LogP contribution in [0.4, 0.5) is 0 Å². The first-order valence-electron chi connectivity index (χ1n) is 9.27. The van der Waals surface area contributed by atoms with Gasteiger partial charge in [-0.1, -0.05) is 77.4 Å². The fraction of sp³-hybridized carbons (Fsp3) is 0.895. The molecule has 0 aliphatic carbocycles. The minimum absolute atomic E-state index is 1.12. The quantitative estimate of drug-likeness (QED) is 0.261. The number of hydrogen-bond acceptors (Lipinski definition) is 1. The zero-order valence-electron chi connectivity index (χ0n) is 14.3. The molecular formula is C19H39N. The van der Waals surface area contributed by atoms with Crippen molar-refractivity contribution in [1.82, 2.24) is 5.32 Å². The Morgan fingerprint density at radius 3 is 1.65 bits per heavy atom. The molecule has 1 N–H and O–H groups in total. The molecule has 0 spiro atoms. The molecule has 0 radical (unpaired) electrons. The standard InChI is InChI=1S/C19H39N/c1-3-5-6-7-8-9-10-11-12-13-14-15-16-17-18-19-20-4-2/h9-10,20H,3-8,11-19H2,1-2H3. The smallest absolute Gasteiger partial charge is 0.00490 e. The average Bonchev–Trinajstić information content (AvgIpc) is 2.47. The Morgan fingerprint density at radius 2 is 1.10 bits per heavy atom. The topological polar surface area (TPSA) is 12.0 Å². The van der Waals surface area contributed by atoms with E-state index in [0.29, 0.717) is 0 Å². The number of nitrogens with one attached hydrogen (secondary N) is 1. The molecule has 0 saturated heterocycles. The van der Waals surface area contributed by atoms with Crippen molar-refractivity contribution in [3.63, 3.8) is 0 Å². The second kappa shape index (κ2) is 18.7. The Balaban J connectivity index is 3.00. The normalized spacial score (nSPS) is 11.5. The predicted molar refractivity (Wildman–Crippen MR) is 93.4 cm³/mol. The molecule has 0 aliphatic heterocycles. The number of unbranched alkanes of at least 4 members (excludes halogenated alkanes) is 11. The van der Waals surface area contributed by atoms with Gasteiger partial charge in [0.1, 0.15) is 0 Å². The third-order valence-corrected chi connectivity index (χ3v) is 3.87. The minimum atomic E-state index is 1.12. The zero-order valence-corrected chi connectivity index (χ0v) is 14.3. The molecule has 0 aromatic carbocycles. The van der Waals surface area contributed by atoms with Gasteiger partial charge >= 0.3 is 0 Å². The highest BCUT2D eigenvalue weighted by Gasteiger charge is 1.91. The molecule has 0 rings (SSSR count). The minimum Gasteiger partial charge on any atom is -0.317 e. The first-order valence-corrected chi connectivity index (χ1v) is 9.27. The fourth-order valence-electron chi connectivity index (χ4n) is 2.50. The van der Waals surface area contributed by atoms with Gasteiger partial charge in [-0.3, -0.25) is 0 Å². The highest BCUT2D eigenvalue weighted by atomic mass is 14.8. The molecule has 0 aliphatic rings. The molecule has 0 aromatic heterocycles. The van der Waals surface area contributed by atoms with Crippen LogP contribution < -0.4 is 5.32 Å². The van der Waals surface area contributed by atoms with Crippen molar-refractivity contribution < 1.29 is 0 Å². The number of hydrogen-bond donors (Lipinski definition) is 1. The van der Waals surface area contributed by atoms with Crippen LogP contribution in [0.3, 0.4) is 0 Å². The van der Waals surface area contributed by atoms with Crippen molar-refractivity contribution in [2.24, 2.45) is 0 Å². The van der Waals surface area contributed by atoms with Crippen LogP contribution in [0, 0.1) is 0 Å². The third kappa shape index (κ3) is 17.7. The molecule has 120 valence electrons. The molecule has 0 fully saturated rings. The van der Waals surface area contributed by atoms with E-state index >= 15 is 0 Å². The largest absolute Gasteiger partial charge is 0.317 e. The van der Waals surface area contributed by atoms with E-state index in [0.717, 1.165) is 6.54 Å². The lowest BCUT2D eigenvalue weighted by molar-refractivity contribution is 0.563. The van der Waals surface area contributed by atoms with Gasteiger partial charge in [0.15, 0.2) is 0 Å². The molecular weight excluding hydrogens is 242 g/mol. The molecule has 0 heterocycles. The van der Waals surface area contributed by atoms with Crippen LogP contribution in [-0.4, -0.2) is 13.1 Å². The van der Waals surface area contributed by atoms with Crippen LogP contribution in [0.2, 0.25) is 0 Å². The molecule has 1 nitrogen and oxygen atoms in total. The first-order chi connectivity index (χ1) is 9.91. The summed E-state index contributed by atoms with van der Waals surface area (Å²) >= 11 is 0. The van der Waals surface area contributed by atoms with Crippen LogP contribution in [0.25, 0.3) is 0 Å². The molecule has 0 saturated carbocycles. The van der Waals surface area contributed by atoms with E-state index in [-0.39, 0.29) is 0 Å². The Kier molecular flexibility index (Phi) is 18.4. The molecule has 0 aromatic rings. The Labute approximate surface area is 128 Å². The van der Waals surface area contributed by atoms with Crippen LogP contribution in [0.15, 0.2) is 12.2 Å². The summed E-state index contributed by atoms with van der Waals surface area (Å²) in [6.07, 6.45) is 22.8. The SMILES string of the molecule is CCCCCCC=CCCCCCCCCCNCC. The lowest BCUT2D eigenvalue weighted by Crippen LogP contribution is -2.13. The molecule has 0 atom stereocenters. The van der Waals surface area contributed by atoms with Crippen molar-refractivity contribution in [1.29, 1.82) is 0 Å². The van der Waals surface area contributed by atoms with Gasteiger partial charge in [0.2, 0.25) is 0 Å². The van der Waals surface area contributed by atoms with Crippen LogP contribution >= 0.6 is 0 Å². The summed E-state index contributed by atoms with van der Waals surface area (Å²) in [5.74, 6) is 0. The van der Waals surface area contributed by atoms with Gasteiger partial charge < -0.3 is 5.32 Å². The average molecular weight is 282 g/mol. The maximum atomic E-state index is 3.39. The highest BCUT2D eigenvalue weighted by molar-refractivity contribution is 4.81. The second-order valence-electron chi connectivity index (χ2n) is 5.94. The van der Waals surface area contributed by atoms with Crippen molar-refractivity contribution >= 4 is 0 Å². The summed E-state index contributed by atoms with van der Waals surface area (Å²) in [7, 11) is 0. The van der Waals surface area contributed by atoms with Gasteiger partial charge in [-0.2, -0.15) is 0 Å². The number of allylic oxidation sites excluding steroid dienone is 2. The third-order valence-electron chi connectivity index (χ3n) is 3.87. The van der Waals surface area contributed by atoms with Gasteiger partial charge in [-0.05, 0) is 45.2 Å². The van der Waals surface area contributed by atoms with E-state index < -0.39 is 0 Å². The fourth-order valence-corrected chi connectivity index (χ4v) is 2.50. The van der Waals surface area contributed by atoms with Crippen molar-refractivity contribution in [3.05, 3.63) is 12.2 Å². The first kappa shape index (κ1) is 19.7. The van der Waals surface area contributed by atoms with E-state index in [2.05, 4.69) is 31.3 Å². The van der Waals surface area contributed by atoms with E-state index in [1.165, 1.54) is 90.0 Å². The summed E-state index contributed by atoms with van der Waals surface area (Å²) in [4.78, 5) is 0. The molecule has 0 bridgehead atoms. The van der Waals surface area contributed by atoms with Crippen LogP contribution in [0.5, 0.6) is 0 Å².